The molecule has 4 nitrogen and oxygen atoms in total. The zero-order valence-electron chi connectivity index (χ0n) is 7.68. The van der Waals surface area contributed by atoms with E-state index in [2.05, 4.69) is 36.3 Å². The number of hydrogen-bond donors (Lipinski definition) is 2. The number of thiophene rings is 1. The molecule has 1 atom stereocenters. The Morgan fingerprint density at radius 1 is 1.60 bits per heavy atom. The Bertz CT molecular complexity index is 414. The summed E-state index contributed by atoms with van der Waals surface area (Å²) in [6.45, 7) is 0. The van der Waals surface area contributed by atoms with E-state index in [4.69, 9.17) is 5.84 Å². The predicted molar refractivity (Wildman–Crippen MR) is 65.7 cm³/mol. The highest BCUT2D eigenvalue weighted by Crippen LogP contribution is 2.28. The van der Waals surface area contributed by atoms with Crippen molar-refractivity contribution in [3.05, 3.63) is 31.9 Å². The minimum absolute atomic E-state index is 0.0833. The van der Waals surface area contributed by atoms with Gasteiger partial charge < -0.3 is 0 Å². The van der Waals surface area contributed by atoms with Gasteiger partial charge in [0.25, 0.3) is 0 Å². The highest BCUT2D eigenvalue weighted by Gasteiger charge is 2.15. The smallest absolute Gasteiger partial charge is 0.0670 e. The molecular formula is C8H9BrN4S2. The van der Waals surface area contributed by atoms with Crippen LogP contribution in [-0.4, -0.2) is 9.59 Å². The molecule has 3 N–H and O–H groups in total. The van der Waals surface area contributed by atoms with Crippen molar-refractivity contribution >= 4 is 38.8 Å². The fourth-order valence-corrected chi connectivity index (χ4v) is 3.35. The molecule has 2 rings (SSSR count). The Morgan fingerprint density at radius 3 is 3.00 bits per heavy atom. The van der Waals surface area contributed by atoms with Crippen molar-refractivity contribution in [2.45, 2.75) is 12.5 Å². The van der Waals surface area contributed by atoms with E-state index in [-0.39, 0.29) is 6.04 Å². The van der Waals surface area contributed by atoms with Gasteiger partial charge in [0.1, 0.15) is 0 Å². The Balaban J connectivity index is 2.13. The molecule has 80 valence electrons. The van der Waals surface area contributed by atoms with E-state index in [1.165, 1.54) is 16.4 Å². The van der Waals surface area contributed by atoms with Crippen molar-refractivity contribution in [1.29, 1.82) is 0 Å². The molecular weight excluding hydrogens is 296 g/mol. The van der Waals surface area contributed by atoms with Crippen LogP contribution in [-0.2, 0) is 6.42 Å². The molecule has 0 saturated heterocycles. The van der Waals surface area contributed by atoms with Gasteiger partial charge in [-0.25, -0.2) is 0 Å². The molecule has 0 bridgehead atoms. The van der Waals surface area contributed by atoms with Crippen LogP contribution in [0, 0.1) is 0 Å². The first kappa shape index (κ1) is 11.2. The molecule has 0 fully saturated rings. The van der Waals surface area contributed by atoms with Crippen LogP contribution < -0.4 is 11.3 Å². The summed E-state index contributed by atoms with van der Waals surface area (Å²) in [6.07, 6.45) is 2.59. The van der Waals surface area contributed by atoms with Crippen molar-refractivity contribution in [3.8, 4) is 0 Å². The molecule has 0 aliphatic carbocycles. The lowest BCUT2D eigenvalue weighted by Crippen LogP contribution is -2.28. The maximum absolute atomic E-state index is 5.52. The van der Waals surface area contributed by atoms with Gasteiger partial charge in [0.2, 0.25) is 0 Å². The number of rotatable bonds is 4. The lowest BCUT2D eigenvalue weighted by Gasteiger charge is -2.11. The van der Waals surface area contributed by atoms with Crippen LogP contribution in [0.15, 0.2) is 22.1 Å². The Morgan fingerprint density at radius 2 is 2.47 bits per heavy atom. The molecule has 0 aliphatic heterocycles. The summed E-state index contributed by atoms with van der Waals surface area (Å²) in [5.41, 5.74) is 2.79. The van der Waals surface area contributed by atoms with Crippen molar-refractivity contribution in [1.82, 2.24) is 15.0 Å². The molecule has 0 aliphatic rings. The molecule has 1 unspecified atom stereocenters. The molecule has 0 saturated carbocycles. The number of halogens is 1. The van der Waals surface area contributed by atoms with E-state index in [1.807, 2.05) is 6.07 Å². The van der Waals surface area contributed by atoms with E-state index in [0.717, 1.165) is 15.8 Å². The molecule has 2 aromatic rings. The zero-order valence-corrected chi connectivity index (χ0v) is 10.9. The largest absolute Gasteiger partial charge is 0.271 e. The van der Waals surface area contributed by atoms with Gasteiger partial charge in [-0.2, -0.15) is 0 Å². The lowest BCUT2D eigenvalue weighted by molar-refractivity contribution is 0.563. The molecule has 0 radical (unpaired) electrons. The fourth-order valence-electron chi connectivity index (χ4n) is 1.23. The Hall–Kier alpha value is -0.340. The summed E-state index contributed by atoms with van der Waals surface area (Å²) in [6, 6.07) is 2.12. The first-order valence-corrected chi connectivity index (χ1v) is 6.71. The van der Waals surface area contributed by atoms with Gasteiger partial charge in [0.05, 0.1) is 17.1 Å². The summed E-state index contributed by atoms with van der Waals surface area (Å²) in [5, 5.41) is 5.86. The van der Waals surface area contributed by atoms with Gasteiger partial charge in [-0.1, -0.05) is 4.49 Å². The van der Waals surface area contributed by atoms with E-state index in [1.54, 1.807) is 17.5 Å². The second kappa shape index (κ2) is 5.13. The maximum atomic E-state index is 5.52. The fraction of sp³-hybridized carbons (Fsp3) is 0.250. The van der Waals surface area contributed by atoms with Crippen LogP contribution in [0.1, 0.15) is 15.8 Å². The topological polar surface area (TPSA) is 63.8 Å². The number of nitrogens with two attached hydrogens (primary N) is 1. The molecule has 0 aromatic carbocycles. The van der Waals surface area contributed by atoms with Crippen molar-refractivity contribution < 1.29 is 0 Å². The van der Waals surface area contributed by atoms with Crippen LogP contribution in [0.4, 0.5) is 0 Å². The molecule has 2 heterocycles. The maximum Gasteiger partial charge on any atom is 0.0670 e. The van der Waals surface area contributed by atoms with Crippen LogP contribution in [0.3, 0.4) is 0 Å². The summed E-state index contributed by atoms with van der Waals surface area (Å²) < 4.78 is 4.96. The third kappa shape index (κ3) is 2.61. The molecule has 7 heteroatoms. The van der Waals surface area contributed by atoms with Crippen LogP contribution >= 0.6 is 38.8 Å². The second-order valence-corrected chi connectivity index (χ2v) is 5.61. The number of nitrogens with zero attached hydrogens (tertiary/aromatic N) is 2. The average Bonchev–Trinajstić information content (AvgIpc) is 2.86. The normalized spacial score (nSPS) is 12.9. The monoisotopic (exact) mass is 304 g/mol. The van der Waals surface area contributed by atoms with E-state index >= 15 is 0 Å². The molecule has 15 heavy (non-hydrogen) atoms. The van der Waals surface area contributed by atoms with E-state index < -0.39 is 0 Å². The van der Waals surface area contributed by atoms with Crippen LogP contribution in [0.2, 0.25) is 0 Å². The van der Waals surface area contributed by atoms with Gasteiger partial charge in [0.15, 0.2) is 0 Å². The third-order valence-electron chi connectivity index (χ3n) is 2.00. The number of nitrogens with one attached hydrogen (secondary N) is 1. The van der Waals surface area contributed by atoms with Gasteiger partial charge in [-0.3, -0.25) is 11.3 Å². The van der Waals surface area contributed by atoms with Gasteiger partial charge >= 0.3 is 0 Å². The zero-order chi connectivity index (χ0) is 10.7. The van der Waals surface area contributed by atoms with E-state index in [9.17, 15) is 0 Å². The molecule has 2 aromatic heterocycles. The third-order valence-corrected chi connectivity index (χ3v) is 4.73. The first-order chi connectivity index (χ1) is 7.31. The second-order valence-electron chi connectivity index (χ2n) is 2.93. The number of aromatic nitrogens is 2. The number of hydrazine groups is 1. The highest BCUT2D eigenvalue weighted by atomic mass is 79.9. The minimum Gasteiger partial charge on any atom is -0.271 e. The minimum atomic E-state index is 0.0833. The summed E-state index contributed by atoms with van der Waals surface area (Å²) in [4.78, 5) is 2.32. The average molecular weight is 305 g/mol. The highest BCUT2D eigenvalue weighted by molar-refractivity contribution is 9.10. The first-order valence-electron chi connectivity index (χ1n) is 4.26. The summed E-state index contributed by atoms with van der Waals surface area (Å²) in [5.74, 6) is 5.52. The van der Waals surface area contributed by atoms with Gasteiger partial charge in [-0.05, 0) is 38.9 Å². The lowest BCUT2D eigenvalue weighted by atomic mass is 10.2. The van der Waals surface area contributed by atoms with Crippen molar-refractivity contribution in [2.24, 2.45) is 5.84 Å². The number of hydrogen-bond acceptors (Lipinski definition) is 6. The summed E-state index contributed by atoms with van der Waals surface area (Å²) >= 11 is 6.58. The Kier molecular flexibility index (Phi) is 3.81. The molecule has 0 amide bonds. The van der Waals surface area contributed by atoms with Crippen molar-refractivity contribution in [3.63, 3.8) is 0 Å². The van der Waals surface area contributed by atoms with Crippen molar-refractivity contribution in [2.75, 3.05) is 0 Å². The predicted octanol–water partition coefficient (Wildman–Crippen LogP) is 2.11. The summed E-state index contributed by atoms with van der Waals surface area (Å²) in [7, 11) is 0. The van der Waals surface area contributed by atoms with E-state index in [0.29, 0.717) is 0 Å². The Labute approximate surface area is 104 Å². The van der Waals surface area contributed by atoms with Crippen LogP contribution in [0.5, 0.6) is 0 Å². The van der Waals surface area contributed by atoms with Crippen LogP contribution in [0.25, 0.3) is 0 Å². The standard InChI is InChI=1S/C8H9BrN4S2/c9-5-1-2-14-7(5)3-6(12-10)8-4-11-13-15-8/h1-2,4,6,12H,3,10H2. The molecule has 0 spiro atoms. The quantitative estimate of drug-likeness (QED) is 0.671. The van der Waals surface area contributed by atoms with Gasteiger partial charge in [0, 0.05) is 15.8 Å². The SMILES string of the molecule is NNC(Cc1sccc1Br)c1cnns1. The van der Waals surface area contributed by atoms with Gasteiger partial charge in [-0.15, -0.1) is 16.4 Å².